The Labute approximate surface area is 162 Å². The summed E-state index contributed by atoms with van der Waals surface area (Å²) in [7, 11) is 0. The summed E-state index contributed by atoms with van der Waals surface area (Å²) < 4.78 is 0. The molecular formula is C20H18Cl2N2S. The molecule has 2 nitrogen and oxygen atoms in total. The molecule has 0 aliphatic carbocycles. The van der Waals surface area contributed by atoms with Crippen LogP contribution in [0.15, 0.2) is 47.5 Å². The Bertz CT molecular complexity index is 908. The molecule has 0 radical (unpaired) electrons. The number of halogens is 2. The van der Waals surface area contributed by atoms with Crippen LogP contribution in [-0.2, 0) is 5.75 Å². The molecule has 0 aliphatic rings. The molecule has 25 heavy (non-hydrogen) atoms. The predicted octanol–water partition coefficient (Wildman–Crippen LogP) is 6.67. The molecule has 0 bridgehead atoms. The zero-order valence-electron chi connectivity index (χ0n) is 14.3. The molecular weight excluding hydrogens is 371 g/mol. The van der Waals surface area contributed by atoms with E-state index in [1.54, 1.807) is 17.8 Å². The number of thioether (sulfide) groups is 1. The van der Waals surface area contributed by atoms with Crippen molar-refractivity contribution in [2.75, 3.05) is 0 Å². The molecule has 1 aromatic heterocycles. The largest absolute Gasteiger partial charge is 0.149 e. The van der Waals surface area contributed by atoms with Gasteiger partial charge in [-0.1, -0.05) is 47.1 Å². The summed E-state index contributed by atoms with van der Waals surface area (Å²) in [5.74, 6) is 0.729. The smallest absolute Gasteiger partial charge is 0.119 e. The summed E-state index contributed by atoms with van der Waals surface area (Å²) in [6.45, 7) is 6.35. The van der Waals surface area contributed by atoms with E-state index in [4.69, 9.17) is 23.2 Å². The Kier molecular flexibility index (Phi) is 5.67. The van der Waals surface area contributed by atoms with Crippen LogP contribution in [0, 0.1) is 20.8 Å². The monoisotopic (exact) mass is 388 g/mol. The zero-order chi connectivity index (χ0) is 18.0. The molecule has 5 heteroatoms. The lowest BCUT2D eigenvalue weighted by molar-refractivity contribution is 0.934. The van der Waals surface area contributed by atoms with Crippen LogP contribution in [0.4, 0.5) is 0 Å². The minimum Gasteiger partial charge on any atom is -0.149 e. The van der Waals surface area contributed by atoms with Gasteiger partial charge < -0.3 is 0 Å². The van der Waals surface area contributed by atoms with Crippen LogP contribution >= 0.6 is 35.0 Å². The molecule has 0 amide bonds. The van der Waals surface area contributed by atoms with Crippen LogP contribution in [0.3, 0.4) is 0 Å². The van der Waals surface area contributed by atoms with Crippen molar-refractivity contribution in [3.63, 3.8) is 0 Å². The van der Waals surface area contributed by atoms with Gasteiger partial charge in [-0.25, -0.2) is 0 Å². The van der Waals surface area contributed by atoms with E-state index in [1.165, 1.54) is 16.7 Å². The van der Waals surface area contributed by atoms with Crippen LogP contribution in [0.5, 0.6) is 0 Å². The molecule has 0 spiro atoms. The third-order valence-electron chi connectivity index (χ3n) is 4.15. The molecule has 2 aromatic carbocycles. The Morgan fingerprint density at radius 1 is 0.840 bits per heavy atom. The van der Waals surface area contributed by atoms with Gasteiger partial charge in [-0.2, -0.15) is 0 Å². The van der Waals surface area contributed by atoms with E-state index < -0.39 is 0 Å². The van der Waals surface area contributed by atoms with E-state index in [0.29, 0.717) is 10.0 Å². The average Bonchev–Trinajstić information content (AvgIpc) is 2.58. The molecule has 0 atom stereocenters. The standard InChI is InChI=1S/C20H18Cl2N2S/c1-12-8-14(3)17(9-13(12)2)19-6-7-20(24-23-19)25-11-15-4-5-16(21)10-18(15)22/h4-10H,11H2,1-3H3. The number of rotatable bonds is 4. The van der Waals surface area contributed by atoms with E-state index in [2.05, 4.69) is 43.1 Å². The molecule has 3 rings (SSSR count). The van der Waals surface area contributed by atoms with Gasteiger partial charge in [-0.3, -0.25) is 0 Å². The van der Waals surface area contributed by atoms with Gasteiger partial charge in [0.15, 0.2) is 0 Å². The Balaban J connectivity index is 1.75. The summed E-state index contributed by atoms with van der Waals surface area (Å²) >= 11 is 13.7. The summed E-state index contributed by atoms with van der Waals surface area (Å²) in [5.41, 5.74) is 6.83. The SMILES string of the molecule is Cc1cc(C)c(-c2ccc(SCc3ccc(Cl)cc3Cl)nn2)cc1C. The fourth-order valence-electron chi connectivity index (χ4n) is 2.57. The third kappa shape index (κ3) is 4.35. The average molecular weight is 389 g/mol. The lowest BCUT2D eigenvalue weighted by Gasteiger charge is -2.09. The van der Waals surface area contributed by atoms with Gasteiger partial charge in [0.05, 0.1) is 5.69 Å². The minimum absolute atomic E-state index is 0.645. The number of hydrogen-bond acceptors (Lipinski definition) is 3. The van der Waals surface area contributed by atoms with Crippen LogP contribution in [0.1, 0.15) is 22.3 Å². The Hall–Kier alpha value is -1.55. The minimum atomic E-state index is 0.645. The highest BCUT2D eigenvalue weighted by atomic mass is 35.5. The van der Waals surface area contributed by atoms with E-state index in [1.807, 2.05) is 24.3 Å². The summed E-state index contributed by atoms with van der Waals surface area (Å²) in [6, 6.07) is 13.9. The van der Waals surface area contributed by atoms with Crippen molar-refractivity contribution in [1.82, 2.24) is 10.2 Å². The second kappa shape index (κ2) is 7.77. The first kappa shape index (κ1) is 18.2. The van der Waals surface area contributed by atoms with Crippen LogP contribution in [0.2, 0.25) is 10.0 Å². The van der Waals surface area contributed by atoms with E-state index in [9.17, 15) is 0 Å². The summed E-state index contributed by atoms with van der Waals surface area (Å²) in [4.78, 5) is 0. The number of hydrogen-bond donors (Lipinski definition) is 0. The van der Waals surface area contributed by atoms with E-state index in [0.717, 1.165) is 27.6 Å². The van der Waals surface area contributed by atoms with E-state index in [-0.39, 0.29) is 0 Å². The fourth-order valence-corrected chi connectivity index (χ4v) is 3.94. The predicted molar refractivity (Wildman–Crippen MR) is 108 cm³/mol. The topological polar surface area (TPSA) is 25.8 Å². The second-order valence-electron chi connectivity index (χ2n) is 6.03. The lowest BCUT2D eigenvalue weighted by atomic mass is 9.99. The number of nitrogens with zero attached hydrogens (tertiary/aromatic N) is 2. The van der Waals surface area contributed by atoms with Crippen molar-refractivity contribution in [2.24, 2.45) is 0 Å². The normalized spacial score (nSPS) is 10.9. The maximum Gasteiger partial charge on any atom is 0.119 e. The van der Waals surface area contributed by atoms with E-state index >= 15 is 0 Å². The molecule has 0 N–H and O–H groups in total. The Morgan fingerprint density at radius 2 is 1.60 bits per heavy atom. The number of aromatic nitrogens is 2. The van der Waals surface area contributed by atoms with Gasteiger partial charge >= 0.3 is 0 Å². The molecule has 3 aromatic rings. The van der Waals surface area contributed by atoms with Gasteiger partial charge in [-0.15, -0.1) is 10.2 Å². The van der Waals surface area contributed by atoms with Gasteiger partial charge in [0.2, 0.25) is 0 Å². The third-order valence-corrected chi connectivity index (χ3v) is 5.70. The van der Waals surface area contributed by atoms with Crippen molar-refractivity contribution < 1.29 is 0 Å². The zero-order valence-corrected chi connectivity index (χ0v) is 16.6. The van der Waals surface area contributed by atoms with Crippen molar-refractivity contribution in [3.05, 3.63) is 74.8 Å². The maximum atomic E-state index is 6.21. The molecule has 0 saturated heterocycles. The molecule has 0 fully saturated rings. The molecule has 1 heterocycles. The Morgan fingerprint density at radius 3 is 2.28 bits per heavy atom. The highest BCUT2D eigenvalue weighted by molar-refractivity contribution is 7.98. The summed E-state index contributed by atoms with van der Waals surface area (Å²) in [6.07, 6.45) is 0. The van der Waals surface area contributed by atoms with Crippen molar-refractivity contribution in [2.45, 2.75) is 31.6 Å². The van der Waals surface area contributed by atoms with Crippen molar-refractivity contribution in [1.29, 1.82) is 0 Å². The van der Waals surface area contributed by atoms with Gasteiger partial charge in [0, 0.05) is 21.4 Å². The van der Waals surface area contributed by atoms with Crippen LogP contribution in [0.25, 0.3) is 11.3 Å². The highest BCUT2D eigenvalue weighted by Crippen LogP contribution is 2.29. The first-order valence-corrected chi connectivity index (χ1v) is 9.67. The fraction of sp³-hybridized carbons (Fsp3) is 0.200. The summed E-state index contributed by atoms with van der Waals surface area (Å²) in [5, 5.41) is 11.0. The quantitative estimate of drug-likeness (QED) is 0.466. The maximum absolute atomic E-state index is 6.21. The number of aryl methyl sites for hydroxylation is 3. The first-order chi connectivity index (χ1) is 11.9. The van der Waals surface area contributed by atoms with Crippen LogP contribution < -0.4 is 0 Å². The number of benzene rings is 2. The van der Waals surface area contributed by atoms with Gasteiger partial charge in [-0.05, 0) is 73.4 Å². The van der Waals surface area contributed by atoms with Crippen LogP contribution in [-0.4, -0.2) is 10.2 Å². The lowest BCUT2D eigenvalue weighted by Crippen LogP contribution is -1.94. The van der Waals surface area contributed by atoms with Crippen molar-refractivity contribution in [3.8, 4) is 11.3 Å². The van der Waals surface area contributed by atoms with Gasteiger partial charge in [0.25, 0.3) is 0 Å². The molecule has 0 aliphatic heterocycles. The first-order valence-electron chi connectivity index (χ1n) is 7.92. The molecule has 0 saturated carbocycles. The molecule has 0 unspecified atom stereocenters. The van der Waals surface area contributed by atoms with Gasteiger partial charge in [0.1, 0.15) is 5.03 Å². The molecule has 128 valence electrons. The second-order valence-corrected chi connectivity index (χ2v) is 7.87. The highest BCUT2D eigenvalue weighted by Gasteiger charge is 2.08. The van der Waals surface area contributed by atoms with Crippen molar-refractivity contribution >= 4 is 35.0 Å².